The van der Waals surface area contributed by atoms with Gasteiger partial charge in [0.25, 0.3) is 0 Å². The zero-order valence-corrected chi connectivity index (χ0v) is 14.3. The van der Waals surface area contributed by atoms with Crippen LogP contribution >= 0.6 is 11.8 Å². The van der Waals surface area contributed by atoms with Crippen molar-refractivity contribution in [3.05, 3.63) is 46.7 Å². The van der Waals surface area contributed by atoms with Gasteiger partial charge in [-0.2, -0.15) is 11.8 Å². The van der Waals surface area contributed by atoms with Crippen molar-refractivity contribution in [1.29, 1.82) is 0 Å². The third kappa shape index (κ3) is 2.12. The monoisotopic (exact) mass is 349 g/mol. The van der Waals surface area contributed by atoms with Crippen LogP contribution in [0.15, 0.2) is 35.5 Å². The van der Waals surface area contributed by atoms with Crippen LogP contribution in [0, 0.1) is 0 Å². The number of fused-ring (bicyclic) bond motifs is 3. The number of hydrogen-bond donors (Lipinski definition) is 3. The zero-order chi connectivity index (χ0) is 17.5. The Labute approximate surface area is 143 Å². The number of hydrogen-bond acceptors (Lipinski definition) is 7. The molecule has 1 heterocycles. The van der Waals surface area contributed by atoms with Gasteiger partial charge in [-0.1, -0.05) is 31.2 Å². The van der Waals surface area contributed by atoms with Gasteiger partial charge in [-0.3, -0.25) is 4.79 Å². The van der Waals surface area contributed by atoms with E-state index in [4.69, 9.17) is 4.74 Å². The maximum Gasteiger partial charge on any atom is 0.339 e. The number of ketones is 1. The number of aliphatic hydroxyl groups is 2. The molecule has 0 unspecified atom stereocenters. The number of ether oxygens (including phenoxy) is 1. The second-order valence-corrected chi connectivity index (χ2v) is 7.15. The van der Waals surface area contributed by atoms with E-state index in [0.29, 0.717) is 5.75 Å². The van der Waals surface area contributed by atoms with Crippen LogP contribution in [0.2, 0.25) is 0 Å². The normalized spacial score (nSPS) is 27.8. The van der Waals surface area contributed by atoms with E-state index in [1.807, 2.05) is 6.92 Å². The van der Waals surface area contributed by atoms with Crippen molar-refractivity contribution < 1.29 is 24.5 Å². The van der Waals surface area contributed by atoms with Gasteiger partial charge in [0.2, 0.25) is 17.1 Å². The number of benzene rings is 1. The van der Waals surface area contributed by atoms with E-state index < -0.39 is 23.1 Å². The van der Waals surface area contributed by atoms with E-state index >= 15 is 0 Å². The Morgan fingerprint density at radius 1 is 1.33 bits per heavy atom. The molecule has 0 fully saturated rings. The molecule has 128 valence electrons. The molecular weight excluding hydrogens is 330 g/mol. The molecule has 0 radical (unpaired) electrons. The molecule has 24 heavy (non-hydrogen) atoms. The molecule has 3 rings (SSSR count). The highest BCUT2D eigenvalue weighted by Crippen LogP contribution is 2.51. The largest absolute Gasteiger partial charge is 0.461 e. The SMILES string of the molecule is CCSCCOC(=O)C1=C(C)N[C@@]2(O)c3ccccc3C(=O)[C@@]12O. The van der Waals surface area contributed by atoms with Crippen molar-refractivity contribution in [3.63, 3.8) is 0 Å². The number of esters is 1. The lowest BCUT2D eigenvalue weighted by molar-refractivity contribution is -0.146. The smallest absolute Gasteiger partial charge is 0.339 e. The Morgan fingerprint density at radius 3 is 2.75 bits per heavy atom. The molecule has 1 aromatic rings. The predicted octanol–water partition coefficient (Wildman–Crippen LogP) is 0.933. The highest BCUT2D eigenvalue weighted by atomic mass is 32.2. The summed E-state index contributed by atoms with van der Waals surface area (Å²) in [6.45, 7) is 3.70. The van der Waals surface area contributed by atoms with Crippen LogP contribution in [0.1, 0.15) is 29.8 Å². The quantitative estimate of drug-likeness (QED) is 0.538. The lowest BCUT2D eigenvalue weighted by Crippen LogP contribution is -2.56. The minimum Gasteiger partial charge on any atom is -0.461 e. The predicted molar refractivity (Wildman–Crippen MR) is 89.4 cm³/mol. The number of Topliss-reactive ketones (excluding diaryl/α,β-unsaturated/α-hetero) is 1. The Bertz CT molecular complexity index is 746. The summed E-state index contributed by atoms with van der Waals surface area (Å²) in [6, 6.07) is 6.37. The Balaban J connectivity index is 1.95. The molecule has 0 saturated carbocycles. The third-order valence-corrected chi connectivity index (χ3v) is 5.25. The standard InChI is InChI=1S/C17H19NO5S/c1-3-24-9-8-23-15(20)13-10(2)18-17(22)12-7-5-4-6-11(12)14(19)16(13,17)21/h4-7,18,21-22H,3,8-9H2,1-2H3/t16-,17+/m0/s1. The molecule has 1 aliphatic heterocycles. The minimum absolute atomic E-state index is 0.170. The van der Waals surface area contributed by atoms with Crippen molar-refractivity contribution in [2.45, 2.75) is 25.2 Å². The maximum absolute atomic E-state index is 12.7. The molecule has 6 nitrogen and oxygen atoms in total. The van der Waals surface area contributed by atoms with Gasteiger partial charge in [-0.25, -0.2) is 4.79 Å². The number of thioether (sulfide) groups is 1. The summed E-state index contributed by atoms with van der Waals surface area (Å²) >= 11 is 1.61. The van der Waals surface area contributed by atoms with Gasteiger partial charge in [0.15, 0.2) is 0 Å². The lowest BCUT2D eigenvalue weighted by Gasteiger charge is -2.31. The number of nitrogens with one attached hydrogen (secondary N) is 1. The minimum atomic E-state index is -2.38. The molecule has 0 bridgehead atoms. The summed E-state index contributed by atoms with van der Waals surface area (Å²) < 4.78 is 5.18. The summed E-state index contributed by atoms with van der Waals surface area (Å²) in [5.74, 6) is 0.0214. The fourth-order valence-electron chi connectivity index (χ4n) is 3.32. The average Bonchev–Trinajstić information content (AvgIpc) is 2.87. The Morgan fingerprint density at radius 2 is 2.04 bits per heavy atom. The zero-order valence-electron chi connectivity index (χ0n) is 13.5. The number of carbonyl (C=O) groups excluding carboxylic acids is 2. The van der Waals surface area contributed by atoms with E-state index in [0.717, 1.165) is 5.75 Å². The average molecular weight is 349 g/mol. The first kappa shape index (κ1) is 17.0. The van der Waals surface area contributed by atoms with Crippen molar-refractivity contribution >= 4 is 23.5 Å². The molecule has 3 N–H and O–H groups in total. The molecule has 1 aromatic carbocycles. The molecule has 7 heteroatoms. The number of carbonyl (C=O) groups is 2. The Hall–Kier alpha value is -1.83. The fraction of sp³-hybridized carbons (Fsp3) is 0.412. The first-order chi connectivity index (χ1) is 11.4. The second kappa shape index (κ2) is 5.91. The van der Waals surface area contributed by atoms with Crippen LogP contribution in [0.25, 0.3) is 0 Å². The molecule has 0 saturated heterocycles. The van der Waals surface area contributed by atoms with Crippen LogP contribution in [0.3, 0.4) is 0 Å². The third-order valence-electron chi connectivity index (χ3n) is 4.39. The highest BCUT2D eigenvalue weighted by Gasteiger charge is 2.70. The lowest BCUT2D eigenvalue weighted by atomic mass is 9.85. The summed E-state index contributed by atoms with van der Waals surface area (Å²) in [5, 5.41) is 24.7. The van der Waals surface area contributed by atoms with Gasteiger partial charge in [0, 0.05) is 22.6 Å². The molecule has 2 atom stereocenters. The van der Waals surface area contributed by atoms with E-state index in [1.165, 1.54) is 13.0 Å². The fourth-order valence-corrected chi connectivity index (χ4v) is 3.81. The molecular formula is C17H19NO5S. The first-order valence-corrected chi connectivity index (χ1v) is 8.86. The second-order valence-electron chi connectivity index (χ2n) is 5.75. The van der Waals surface area contributed by atoms with Crippen LogP contribution in [-0.2, 0) is 15.3 Å². The van der Waals surface area contributed by atoms with Gasteiger partial charge < -0.3 is 20.3 Å². The van der Waals surface area contributed by atoms with Crippen LogP contribution in [0.5, 0.6) is 0 Å². The number of rotatable bonds is 5. The number of allylic oxidation sites excluding steroid dienone is 1. The summed E-state index contributed by atoms with van der Waals surface area (Å²) in [7, 11) is 0. The molecule has 0 amide bonds. The topological polar surface area (TPSA) is 95.9 Å². The van der Waals surface area contributed by atoms with E-state index in [9.17, 15) is 19.8 Å². The van der Waals surface area contributed by atoms with E-state index in [-0.39, 0.29) is 29.0 Å². The van der Waals surface area contributed by atoms with Crippen LogP contribution in [-0.4, -0.2) is 45.7 Å². The van der Waals surface area contributed by atoms with Crippen LogP contribution in [0.4, 0.5) is 0 Å². The maximum atomic E-state index is 12.7. The van der Waals surface area contributed by atoms with E-state index in [1.54, 1.807) is 30.0 Å². The van der Waals surface area contributed by atoms with E-state index in [2.05, 4.69) is 5.32 Å². The van der Waals surface area contributed by atoms with Gasteiger partial charge in [0.05, 0.1) is 0 Å². The van der Waals surface area contributed by atoms with Gasteiger partial charge >= 0.3 is 5.97 Å². The first-order valence-electron chi connectivity index (χ1n) is 7.71. The molecule has 0 spiro atoms. The van der Waals surface area contributed by atoms with Crippen molar-refractivity contribution in [2.24, 2.45) is 0 Å². The molecule has 1 aliphatic carbocycles. The van der Waals surface area contributed by atoms with Gasteiger partial charge in [-0.05, 0) is 12.7 Å². The summed E-state index contributed by atoms with van der Waals surface area (Å²) in [5.41, 5.74) is -3.99. The van der Waals surface area contributed by atoms with Gasteiger partial charge in [0.1, 0.15) is 12.2 Å². The van der Waals surface area contributed by atoms with Crippen molar-refractivity contribution in [3.8, 4) is 0 Å². The summed E-state index contributed by atoms with van der Waals surface area (Å²) in [4.78, 5) is 25.2. The highest BCUT2D eigenvalue weighted by molar-refractivity contribution is 7.99. The van der Waals surface area contributed by atoms with Crippen LogP contribution < -0.4 is 5.32 Å². The Kier molecular flexibility index (Phi) is 4.19. The molecule has 0 aromatic heterocycles. The van der Waals surface area contributed by atoms with Crippen molar-refractivity contribution in [1.82, 2.24) is 5.32 Å². The summed E-state index contributed by atoms with van der Waals surface area (Å²) in [6.07, 6.45) is 0. The van der Waals surface area contributed by atoms with Crippen molar-refractivity contribution in [2.75, 3.05) is 18.1 Å². The van der Waals surface area contributed by atoms with Gasteiger partial charge in [-0.15, -0.1) is 0 Å². The molecule has 2 aliphatic rings.